The van der Waals surface area contributed by atoms with Gasteiger partial charge < -0.3 is 9.98 Å². The summed E-state index contributed by atoms with van der Waals surface area (Å²) in [5.74, 6) is 0. The summed E-state index contributed by atoms with van der Waals surface area (Å²) in [7, 11) is 0. The number of hydrogen-bond donors (Lipinski definition) is 2. The van der Waals surface area contributed by atoms with Crippen LogP contribution in [0.4, 0.5) is 0 Å². The van der Waals surface area contributed by atoms with E-state index in [2.05, 4.69) is 40.0 Å². The van der Waals surface area contributed by atoms with E-state index in [1.165, 1.54) is 17.5 Å². The number of halogens is 1. The summed E-state index contributed by atoms with van der Waals surface area (Å²) in [4.78, 5) is 17.2. The van der Waals surface area contributed by atoms with Gasteiger partial charge in [0.25, 0.3) is 5.56 Å². The van der Waals surface area contributed by atoms with Crippen molar-refractivity contribution < 1.29 is 0 Å². The molecule has 0 aliphatic rings. The lowest BCUT2D eigenvalue weighted by Crippen LogP contribution is -2.18. The molecule has 2 aromatic carbocycles. The van der Waals surface area contributed by atoms with Crippen molar-refractivity contribution >= 4 is 29.3 Å². The molecule has 0 amide bonds. The van der Waals surface area contributed by atoms with E-state index in [0.717, 1.165) is 28.0 Å². The van der Waals surface area contributed by atoms with Crippen LogP contribution in [0, 0.1) is 5.41 Å². The highest BCUT2D eigenvalue weighted by atomic mass is 35.5. The minimum absolute atomic E-state index is 0.00159. The van der Waals surface area contributed by atoms with Crippen molar-refractivity contribution in [2.75, 3.05) is 6.54 Å². The normalized spacial score (nSPS) is 10.8. The van der Waals surface area contributed by atoms with Crippen molar-refractivity contribution in [1.82, 2.24) is 14.3 Å². The molecular weight excluding hydrogens is 452 g/mol. The molecule has 0 bridgehead atoms. The molecular formula is C26H23ClN4OS. The first-order valence-electron chi connectivity index (χ1n) is 10.5. The fourth-order valence-corrected chi connectivity index (χ4v) is 4.27. The van der Waals surface area contributed by atoms with Crippen molar-refractivity contribution in [3.05, 3.63) is 129 Å². The highest BCUT2D eigenvalue weighted by molar-refractivity contribution is 7.97. The standard InChI is InChI=1S/C26H23ClN4OS/c27-23-5-3-4-22(14-23)25(28)17-30-33-24-13-21(15-29-16-24)12-19-7-9-20(10-8-19)18-31-11-2-1-6-26(31)32/h1-11,13-16,28,30H,12,17-18H2. The first-order chi connectivity index (χ1) is 16.1. The summed E-state index contributed by atoms with van der Waals surface area (Å²) in [6.45, 7) is 0.977. The Kier molecular flexibility index (Phi) is 7.73. The van der Waals surface area contributed by atoms with Gasteiger partial charge in [0.15, 0.2) is 0 Å². The zero-order chi connectivity index (χ0) is 23.0. The predicted octanol–water partition coefficient (Wildman–Crippen LogP) is 5.20. The van der Waals surface area contributed by atoms with Crippen LogP contribution in [0.3, 0.4) is 0 Å². The van der Waals surface area contributed by atoms with E-state index in [1.807, 2.05) is 30.6 Å². The quantitative estimate of drug-likeness (QED) is 0.258. The molecule has 166 valence electrons. The Morgan fingerprint density at radius 3 is 2.58 bits per heavy atom. The zero-order valence-corrected chi connectivity index (χ0v) is 19.4. The van der Waals surface area contributed by atoms with Crippen LogP contribution in [0.2, 0.25) is 5.02 Å². The maximum absolute atomic E-state index is 11.9. The number of benzene rings is 2. The molecule has 0 radical (unpaired) electrons. The van der Waals surface area contributed by atoms with Gasteiger partial charge in [-0.05, 0) is 64.9 Å². The Bertz CT molecular complexity index is 1300. The molecule has 0 unspecified atom stereocenters. The van der Waals surface area contributed by atoms with Crippen LogP contribution >= 0.6 is 23.5 Å². The van der Waals surface area contributed by atoms with E-state index in [9.17, 15) is 4.79 Å². The molecule has 4 rings (SSSR count). The molecule has 2 N–H and O–H groups in total. The highest BCUT2D eigenvalue weighted by Crippen LogP contribution is 2.18. The van der Waals surface area contributed by atoms with Gasteiger partial charge in [-0.3, -0.25) is 14.5 Å². The maximum atomic E-state index is 11.9. The molecule has 0 aliphatic carbocycles. The number of nitrogens with one attached hydrogen (secondary N) is 2. The van der Waals surface area contributed by atoms with Gasteiger partial charge in [-0.25, -0.2) is 0 Å². The molecule has 0 fully saturated rings. The zero-order valence-electron chi connectivity index (χ0n) is 17.9. The number of pyridine rings is 2. The van der Waals surface area contributed by atoms with Crippen LogP contribution in [0.1, 0.15) is 22.3 Å². The lowest BCUT2D eigenvalue weighted by molar-refractivity contribution is 0.759. The first kappa shape index (κ1) is 23.0. The molecule has 0 saturated carbocycles. The summed E-state index contributed by atoms with van der Waals surface area (Å²) in [6.07, 6.45) is 6.25. The van der Waals surface area contributed by atoms with Crippen LogP contribution in [0.25, 0.3) is 0 Å². The molecule has 5 nitrogen and oxygen atoms in total. The van der Waals surface area contributed by atoms with E-state index in [1.54, 1.807) is 35.0 Å². The first-order valence-corrected chi connectivity index (χ1v) is 11.7. The number of aromatic nitrogens is 2. The van der Waals surface area contributed by atoms with Crippen LogP contribution in [-0.4, -0.2) is 21.8 Å². The fourth-order valence-electron chi connectivity index (χ4n) is 3.37. The van der Waals surface area contributed by atoms with Crippen LogP contribution < -0.4 is 10.3 Å². The number of rotatable bonds is 9. The second-order valence-corrected chi connectivity index (χ2v) is 9.00. The van der Waals surface area contributed by atoms with Gasteiger partial charge in [0.2, 0.25) is 0 Å². The van der Waals surface area contributed by atoms with Gasteiger partial charge in [0.1, 0.15) is 0 Å². The van der Waals surface area contributed by atoms with Crippen molar-refractivity contribution in [1.29, 1.82) is 5.41 Å². The van der Waals surface area contributed by atoms with E-state index in [4.69, 9.17) is 17.0 Å². The van der Waals surface area contributed by atoms with Gasteiger partial charge >= 0.3 is 0 Å². The molecule has 33 heavy (non-hydrogen) atoms. The molecule has 0 aliphatic heterocycles. The summed E-state index contributed by atoms with van der Waals surface area (Å²) < 4.78 is 4.92. The third-order valence-corrected chi connectivity index (χ3v) is 6.05. The molecule has 0 atom stereocenters. The Labute approximate surface area is 202 Å². The van der Waals surface area contributed by atoms with Gasteiger partial charge in [0, 0.05) is 41.1 Å². The summed E-state index contributed by atoms with van der Waals surface area (Å²) in [6, 6.07) is 22.9. The minimum Gasteiger partial charge on any atom is -0.311 e. The molecule has 2 aromatic heterocycles. The SMILES string of the molecule is N=C(CNSc1cncc(Cc2ccc(Cn3ccccc3=O)cc2)c1)c1cccc(Cl)c1. The monoisotopic (exact) mass is 474 g/mol. The van der Waals surface area contributed by atoms with Crippen molar-refractivity contribution in [2.45, 2.75) is 17.9 Å². The second kappa shape index (κ2) is 11.1. The smallest absolute Gasteiger partial charge is 0.250 e. The van der Waals surface area contributed by atoms with Crippen molar-refractivity contribution in [3.63, 3.8) is 0 Å². The molecule has 2 heterocycles. The van der Waals surface area contributed by atoms with Gasteiger partial charge in [-0.1, -0.05) is 54.1 Å². The van der Waals surface area contributed by atoms with Crippen LogP contribution in [0.5, 0.6) is 0 Å². The molecule has 0 spiro atoms. The van der Waals surface area contributed by atoms with Gasteiger partial charge in [0.05, 0.1) is 12.3 Å². The maximum Gasteiger partial charge on any atom is 0.250 e. The Balaban J connectivity index is 1.32. The van der Waals surface area contributed by atoms with Gasteiger partial charge in [-0.2, -0.15) is 0 Å². The lowest BCUT2D eigenvalue weighted by atomic mass is 10.0. The summed E-state index contributed by atoms with van der Waals surface area (Å²) in [5, 5.41) is 8.84. The Morgan fingerprint density at radius 1 is 0.970 bits per heavy atom. The Morgan fingerprint density at radius 2 is 1.79 bits per heavy atom. The Hall–Kier alpha value is -3.19. The largest absolute Gasteiger partial charge is 0.311 e. The van der Waals surface area contributed by atoms with Crippen molar-refractivity contribution in [2.24, 2.45) is 0 Å². The third kappa shape index (κ3) is 6.65. The third-order valence-electron chi connectivity index (χ3n) is 5.06. The second-order valence-electron chi connectivity index (χ2n) is 7.60. The van der Waals surface area contributed by atoms with E-state index in [-0.39, 0.29) is 5.56 Å². The van der Waals surface area contributed by atoms with Crippen LogP contribution in [0.15, 0.2) is 101 Å². The average molecular weight is 475 g/mol. The molecule has 0 saturated heterocycles. The number of hydrogen-bond acceptors (Lipinski definition) is 5. The molecule has 4 aromatic rings. The summed E-state index contributed by atoms with van der Waals surface area (Å²) in [5.41, 5.74) is 4.66. The topological polar surface area (TPSA) is 70.8 Å². The fraction of sp³-hybridized carbons (Fsp3) is 0.115. The van der Waals surface area contributed by atoms with E-state index < -0.39 is 0 Å². The van der Waals surface area contributed by atoms with Gasteiger partial charge in [-0.15, -0.1) is 0 Å². The minimum atomic E-state index is -0.00159. The lowest BCUT2D eigenvalue weighted by Gasteiger charge is -2.09. The van der Waals surface area contributed by atoms with E-state index >= 15 is 0 Å². The molecule has 7 heteroatoms. The number of nitrogens with zero attached hydrogens (tertiary/aromatic N) is 2. The van der Waals surface area contributed by atoms with Crippen LogP contribution in [-0.2, 0) is 13.0 Å². The highest BCUT2D eigenvalue weighted by Gasteiger charge is 2.05. The summed E-state index contributed by atoms with van der Waals surface area (Å²) >= 11 is 7.47. The van der Waals surface area contributed by atoms with E-state index in [0.29, 0.717) is 23.8 Å². The van der Waals surface area contributed by atoms with Crippen molar-refractivity contribution in [3.8, 4) is 0 Å². The average Bonchev–Trinajstić information content (AvgIpc) is 2.82. The predicted molar refractivity (Wildman–Crippen MR) is 135 cm³/mol.